The lowest BCUT2D eigenvalue weighted by molar-refractivity contribution is 0.0607. The highest BCUT2D eigenvalue weighted by Gasteiger charge is 2.38. The third-order valence-electron chi connectivity index (χ3n) is 5.45. The standard InChI is InChI=1S/C20H29ClN2O3/c1-3-11-26-18-16(21)12-15(13-17(18)25-4-2)19(24)23-9-6-20(7-10-23)5-8-22-14-20/h12-13,22H,3-11,14H2,1-2H3. The van der Waals surface area contributed by atoms with Crippen molar-refractivity contribution in [2.75, 3.05) is 39.4 Å². The maximum absolute atomic E-state index is 13.0. The minimum Gasteiger partial charge on any atom is -0.490 e. The molecule has 0 bridgehead atoms. The molecule has 0 unspecified atom stereocenters. The summed E-state index contributed by atoms with van der Waals surface area (Å²) in [4.78, 5) is 14.9. The van der Waals surface area contributed by atoms with E-state index >= 15 is 0 Å². The fourth-order valence-corrected chi connectivity index (χ4v) is 4.15. The van der Waals surface area contributed by atoms with Gasteiger partial charge in [-0.05, 0) is 56.7 Å². The van der Waals surface area contributed by atoms with Gasteiger partial charge in [0.15, 0.2) is 11.5 Å². The summed E-state index contributed by atoms with van der Waals surface area (Å²) < 4.78 is 11.4. The molecule has 6 heteroatoms. The average molecular weight is 381 g/mol. The van der Waals surface area contributed by atoms with E-state index in [1.807, 2.05) is 18.7 Å². The van der Waals surface area contributed by atoms with Gasteiger partial charge in [-0.3, -0.25) is 4.79 Å². The van der Waals surface area contributed by atoms with Crippen molar-refractivity contribution in [2.45, 2.75) is 39.5 Å². The number of amides is 1. The van der Waals surface area contributed by atoms with Crippen molar-refractivity contribution in [3.05, 3.63) is 22.7 Å². The van der Waals surface area contributed by atoms with Crippen molar-refractivity contribution in [1.29, 1.82) is 0 Å². The highest BCUT2D eigenvalue weighted by molar-refractivity contribution is 6.32. The van der Waals surface area contributed by atoms with Gasteiger partial charge < -0.3 is 19.7 Å². The molecular weight excluding hydrogens is 352 g/mol. The third kappa shape index (κ3) is 4.09. The van der Waals surface area contributed by atoms with E-state index in [0.29, 0.717) is 40.7 Å². The van der Waals surface area contributed by atoms with E-state index in [2.05, 4.69) is 5.32 Å². The number of hydrogen-bond donors (Lipinski definition) is 1. The number of rotatable bonds is 6. The van der Waals surface area contributed by atoms with Gasteiger partial charge in [0.2, 0.25) is 0 Å². The second kappa shape index (κ2) is 8.49. The normalized spacial score (nSPS) is 19.0. The van der Waals surface area contributed by atoms with Crippen LogP contribution in [-0.4, -0.2) is 50.2 Å². The van der Waals surface area contributed by atoms with Crippen LogP contribution in [0.4, 0.5) is 0 Å². The second-order valence-electron chi connectivity index (χ2n) is 7.29. The summed E-state index contributed by atoms with van der Waals surface area (Å²) in [5, 5.41) is 3.89. The van der Waals surface area contributed by atoms with E-state index in [-0.39, 0.29) is 5.91 Å². The SMILES string of the molecule is CCCOc1c(Cl)cc(C(=O)N2CCC3(CCNC3)CC2)cc1OCC. The summed E-state index contributed by atoms with van der Waals surface area (Å²) in [5.74, 6) is 1.10. The highest BCUT2D eigenvalue weighted by Crippen LogP contribution is 2.39. The summed E-state index contributed by atoms with van der Waals surface area (Å²) in [6.07, 6.45) is 4.23. The molecule has 0 saturated carbocycles. The molecule has 26 heavy (non-hydrogen) atoms. The van der Waals surface area contributed by atoms with Crippen LogP contribution in [0.5, 0.6) is 11.5 Å². The van der Waals surface area contributed by atoms with Crippen LogP contribution in [0, 0.1) is 5.41 Å². The lowest BCUT2D eigenvalue weighted by Crippen LogP contribution is -2.44. The van der Waals surface area contributed by atoms with E-state index in [1.165, 1.54) is 6.42 Å². The molecule has 1 aromatic carbocycles. The Morgan fingerprint density at radius 1 is 1.23 bits per heavy atom. The van der Waals surface area contributed by atoms with Gasteiger partial charge in [0.05, 0.1) is 18.2 Å². The number of carbonyl (C=O) groups excluding carboxylic acids is 1. The molecule has 1 N–H and O–H groups in total. The van der Waals surface area contributed by atoms with Gasteiger partial charge >= 0.3 is 0 Å². The summed E-state index contributed by atoms with van der Waals surface area (Å²) in [6.45, 7) is 8.79. The van der Waals surface area contributed by atoms with Crippen LogP contribution in [0.15, 0.2) is 12.1 Å². The second-order valence-corrected chi connectivity index (χ2v) is 7.69. The number of ether oxygens (including phenoxy) is 2. The number of carbonyl (C=O) groups is 1. The number of benzene rings is 1. The number of halogens is 1. The first-order valence-corrected chi connectivity index (χ1v) is 10.1. The minimum atomic E-state index is 0.0238. The molecular formula is C20H29ClN2O3. The number of piperidine rings is 1. The Hall–Kier alpha value is -1.46. The summed E-state index contributed by atoms with van der Waals surface area (Å²) in [7, 11) is 0. The number of nitrogens with one attached hydrogen (secondary N) is 1. The first kappa shape index (κ1) is 19.3. The fourth-order valence-electron chi connectivity index (χ4n) is 3.89. The molecule has 0 atom stereocenters. The first-order chi connectivity index (χ1) is 12.6. The van der Waals surface area contributed by atoms with Crippen LogP contribution in [0.1, 0.15) is 49.9 Å². The van der Waals surface area contributed by atoms with Crippen molar-refractivity contribution in [2.24, 2.45) is 5.41 Å². The molecule has 2 fully saturated rings. The number of nitrogens with zero attached hydrogens (tertiary/aromatic N) is 1. The minimum absolute atomic E-state index is 0.0238. The van der Waals surface area contributed by atoms with E-state index in [4.69, 9.17) is 21.1 Å². The molecule has 3 rings (SSSR count). The Morgan fingerprint density at radius 3 is 2.62 bits per heavy atom. The van der Waals surface area contributed by atoms with Crippen LogP contribution < -0.4 is 14.8 Å². The van der Waals surface area contributed by atoms with Crippen molar-refractivity contribution in [3.63, 3.8) is 0 Å². The monoisotopic (exact) mass is 380 g/mol. The third-order valence-corrected chi connectivity index (χ3v) is 5.73. The number of hydrogen-bond acceptors (Lipinski definition) is 4. The maximum atomic E-state index is 13.0. The lowest BCUT2D eigenvalue weighted by atomic mass is 9.78. The largest absolute Gasteiger partial charge is 0.490 e. The van der Waals surface area contributed by atoms with Crippen LogP contribution in [0.3, 0.4) is 0 Å². The van der Waals surface area contributed by atoms with Crippen LogP contribution in [0.25, 0.3) is 0 Å². The Labute approximate surface area is 161 Å². The zero-order chi connectivity index (χ0) is 18.6. The molecule has 1 spiro atoms. The van der Waals surface area contributed by atoms with Crippen molar-refractivity contribution < 1.29 is 14.3 Å². The number of likely N-dealkylation sites (tertiary alicyclic amines) is 1. The highest BCUT2D eigenvalue weighted by atomic mass is 35.5. The molecule has 2 aliphatic heterocycles. The Morgan fingerprint density at radius 2 is 2.00 bits per heavy atom. The van der Waals surface area contributed by atoms with E-state index in [0.717, 1.165) is 45.4 Å². The zero-order valence-electron chi connectivity index (χ0n) is 15.8. The smallest absolute Gasteiger partial charge is 0.254 e. The average Bonchev–Trinajstić information content (AvgIpc) is 3.09. The van der Waals surface area contributed by atoms with Crippen molar-refractivity contribution in [3.8, 4) is 11.5 Å². The molecule has 2 saturated heterocycles. The quantitative estimate of drug-likeness (QED) is 0.816. The molecule has 1 amide bonds. The van der Waals surface area contributed by atoms with Gasteiger partial charge in [0, 0.05) is 25.2 Å². The van der Waals surface area contributed by atoms with Crippen molar-refractivity contribution in [1.82, 2.24) is 10.2 Å². The van der Waals surface area contributed by atoms with Gasteiger partial charge in [0.25, 0.3) is 5.91 Å². The molecule has 0 aliphatic carbocycles. The van der Waals surface area contributed by atoms with Gasteiger partial charge in [-0.25, -0.2) is 0 Å². The molecule has 0 radical (unpaired) electrons. The summed E-state index contributed by atoms with van der Waals surface area (Å²) in [5.41, 5.74) is 0.964. The Balaban J connectivity index is 1.74. The molecule has 2 heterocycles. The van der Waals surface area contributed by atoms with Crippen molar-refractivity contribution >= 4 is 17.5 Å². The zero-order valence-corrected chi connectivity index (χ0v) is 16.5. The molecule has 0 aromatic heterocycles. The summed E-state index contributed by atoms with van der Waals surface area (Å²) in [6, 6.07) is 3.48. The Bertz CT molecular complexity index is 634. The van der Waals surface area contributed by atoms with Gasteiger partial charge in [-0.15, -0.1) is 0 Å². The van der Waals surface area contributed by atoms with Crippen LogP contribution >= 0.6 is 11.6 Å². The van der Waals surface area contributed by atoms with Gasteiger partial charge in [-0.2, -0.15) is 0 Å². The summed E-state index contributed by atoms with van der Waals surface area (Å²) >= 11 is 6.40. The molecule has 2 aliphatic rings. The predicted molar refractivity (Wildman–Crippen MR) is 103 cm³/mol. The van der Waals surface area contributed by atoms with E-state index in [1.54, 1.807) is 12.1 Å². The van der Waals surface area contributed by atoms with Crippen LogP contribution in [-0.2, 0) is 0 Å². The van der Waals surface area contributed by atoms with Gasteiger partial charge in [-0.1, -0.05) is 18.5 Å². The fraction of sp³-hybridized carbons (Fsp3) is 0.650. The van der Waals surface area contributed by atoms with Crippen LogP contribution in [0.2, 0.25) is 5.02 Å². The predicted octanol–water partition coefficient (Wildman–Crippen LogP) is 3.74. The lowest BCUT2D eigenvalue weighted by Gasteiger charge is -2.39. The maximum Gasteiger partial charge on any atom is 0.254 e. The van der Waals surface area contributed by atoms with E-state index in [9.17, 15) is 4.79 Å². The first-order valence-electron chi connectivity index (χ1n) is 9.68. The Kier molecular flexibility index (Phi) is 6.30. The molecule has 1 aromatic rings. The van der Waals surface area contributed by atoms with Gasteiger partial charge in [0.1, 0.15) is 0 Å². The van der Waals surface area contributed by atoms with E-state index < -0.39 is 0 Å². The molecule has 144 valence electrons. The molecule has 5 nitrogen and oxygen atoms in total. The topological polar surface area (TPSA) is 50.8 Å².